The smallest absolute Gasteiger partial charge is 0.255 e. The fourth-order valence-corrected chi connectivity index (χ4v) is 2.42. The van der Waals surface area contributed by atoms with Crippen LogP contribution in [0, 0.1) is 5.82 Å². The van der Waals surface area contributed by atoms with Crippen molar-refractivity contribution < 1.29 is 13.9 Å². The van der Waals surface area contributed by atoms with Gasteiger partial charge in [0.05, 0.1) is 30.6 Å². The highest BCUT2D eigenvalue weighted by molar-refractivity contribution is 6.01. The minimum atomic E-state index is -0.502. The molecule has 0 bridgehead atoms. The van der Waals surface area contributed by atoms with Gasteiger partial charge in [0.2, 0.25) is 5.95 Å². The van der Waals surface area contributed by atoms with Crippen LogP contribution in [0.5, 0.6) is 5.75 Å². The number of ether oxygens (including phenoxy) is 1. The molecular formula is C18H16FN5O3. The maximum absolute atomic E-state index is 13.3. The van der Waals surface area contributed by atoms with Gasteiger partial charge in [-0.15, -0.1) is 0 Å². The minimum absolute atomic E-state index is 0.137. The van der Waals surface area contributed by atoms with Crippen molar-refractivity contribution >= 4 is 11.7 Å². The van der Waals surface area contributed by atoms with Gasteiger partial charge in [-0.05, 0) is 18.2 Å². The Kier molecular flexibility index (Phi) is 5.20. The molecule has 0 aliphatic carbocycles. The number of rotatable bonds is 6. The summed E-state index contributed by atoms with van der Waals surface area (Å²) >= 11 is 0. The summed E-state index contributed by atoms with van der Waals surface area (Å²) in [6.07, 6.45) is 2.89. The normalized spacial score (nSPS) is 10.5. The molecule has 1 N–H and O–H groups in total. The topological polar surface area (TPSA) is 99.0 Å². The molecule has 27 heavy (non-hydrogen) atoms. The molecular weight excluding hydrogens is 353 g/mol. The molecule has 0 aliphatic rings. The van der Waals surface area contributed by atoms with Gasteiger partial charge in [0, 0.05) is 25.4 Å². The average Bonchev–Trinajstić information content (AvgIpc) is 2.69. The largest absolute Gasteiger partial charge is 0.496 e. The maximum Gasteiger partial charge on any atom is 0.255 e. The van der Waals surface area contributed by atoms with Crippen molar-refractivity contribution in [2.45, 2.75) is 0 Å². The van der Waals surface area contributed by atoms with Crippen LogP contribution in [0.25, 0.3) is 11.4 Å². The molecule has 0 aliphatic heterocycles. The summed E-state index contributed by atoms with van der Waals surface area (Å²) in [5, 5.41) is 2.84. The summed E-state index contributed by atoms with van der Waals surface area (Å²) in [6, 6.07) is 6.64. The number of nitrogens with one attached hydrogen (secondary N) is 1. The van der Waals surface area contributed by atoms with E-state index in [1.165, 1.54) is 43.3 Å². The van der Waals surface area contributed by atoms with Crippen LogP contribution in [-0.4, -0.2) is 39.0 Å². The van der Waals surface area contributed by atoms with E-state index in [9.17, 15) is 14.0 Å². The highest BCUT2D eigenvalue weighted by Crippen LogP contribution is 2.20. The number of benzene rings is 1. The van der Waals surface area contributed by atoms with Crippen molar-refractivity contribution in [3.05, 3.63) is 64.6 Å². The van der Waals surface area contributed by atoms with Crippen LogP contribution in [0.15, 0.2) is 47.7 Å². The van der Waals surface area contributed by atoms with Crippen molar-refractivity contribution in [1.82, 2.24) is 19.5 Å². The Hall–Kier alpha value is -3.62. The number of carbonyl (C=O) groups excluding carboxylic acids is 1. The molecule has 8 nitrogen and oxygen atoms in total. The first-order valence-electron chi connectivity index (χ1n) is 7.94. The van der Waals surface area contributed by atoms with Gasteiger partial charge in [-0.2, -0.15) is 0 Å². The van der Waals surface area contributed by atoms with Gasteiger partial charge in [0.15, 0.2) is 5.78 Å². The molecule has 0 spiro atoms. The molecule has 1 aromatic carbocycles. The number of hydrogen-bond donors (Lipinski definition) is 1. The van der Waals surface area contributed by atoms with E-state index in [-0.39, 0.29) is 35.1 Å². The van der Waals surface area contributed by atoms with Gasteiger partial charge < -0.3 is 10.1 Å². The van der Waals surface area contributed by atoms with Gasteiger partial charge in [0.25, 0.3) is 5.56 Å². The van der Waals surface area contributed by atoms with E-state index in [1.807, 2.05) is 0 Å². The average molecular weight is 369 g/mol. The number of carbonyl (C=O) groups is 1. The molecule has 3 rings (SSSR count). The van der Waals surface area contributed by atoms with E-state index in [1.54, 1.807) is 12.3 Å². The predicted octanol–water partition coefficient (Wildman–Crippen LogP) is 1.68. The second-order valence-electron chi connectivity index (χ2n) is 5.58. The SMILES string of the molecule is COc1cc(F)ccc1C(=O)CNc1nc(-c2ccncn2)cc(=O)n1C. The quantitative estimate of drug-likeness (QED) is 0.660. The molecule has 0 radical (unpaired) electrons. The summed E-state index contributed by atoms with van der Waals surface area (Å²) in [5.74, 6) is -0.504. The molecule has 2 aromatic heterocycles. The molecule has 0 amide bonds. The first-order valence-corrected chi connectivity index (χ1v) is 7.94. The zero-order valence-electron chi connectivity index (χ0n) is 14.6. The molecule has 0 atom stereocenters. The summed E-state index contributed by atoms with van der Waals surface area (Å²) < 4.78 is 19.6. The lowest BCUT2D eigenvalue weighted by Crippen LogP contribution is -2.25. The Labute approximate surface area is 153 Å². The Morgan fingerprint density at radius 1 is 1.26 bits per heavy atom. The van der Waals surface area contributed by atoms with Crippen molar-refractivity contribution in [3.8, 4) is 17.1 Å². The summed E-state index contributed by atoms with van der Waals surface area (Å²) in [7, 11) is 2.89. The molecule has 0 saturated heterocycles. The zero-order chi connectivity index (χ0) is 19.4. The Morgan fingerprint density at radius 2 is 2.07 bits per heavy atom. The molecule has 138 valence electrons. The fraction of sp³-hybridized carbons (Fsp3) is 0.167. The summed E-state index contributed by atoms with van der Waals surface area (Å²) in [5.41, 5.74) is 0.753. The van der Waals surface area contributed by atoms with Gasteiger partial charge in [-0.3, -0.25) is 14.2 Å². The van der Waals surface area contributed by atoms with Crippen molar-refractivity contribution in [2.75, 3.05) is 19.0 Å². The number of hydrogen-bond acceptors (Lipinski definition) is 7. The van der Waals surface area contributed by atoms with Crippen molar-refractivity contribution in [2.24, 2.45) is 7.05 Å². The second-order valence-corrected chi connectivity index (χ2v) is 5.58. The highest BCUT2D eigenvalue weighted by atomic mass is 19.1. The molecule has 9 heteroatoms. The number of anilines is 1. The minimum Gasteiger partial charge on any atom is -0.496 e. The number of nitrogens with zero attached hydrogens (tertiary/aromatic N) is 4. The summed E-state index contributed by atoms with van der Waals surface area (Å²) in [4.78, 5) is 36.9. The third-order valence-electron chi connectivity index (χ3n) is 3.85. The van der Waals surface area contributed by atoms with E-state index >= 15 is 0 Å². The first kappa shape index (κ1) is 18.2. The van der Waals surface area contributed by atoms with Crippen LogP contribution in [0.3, 0.4) is 0 Å². The third-order valence-corrected chi connectivity index (χ3v) is 3.85. The van der Waals surface area contributed by atoms with E-state index in [4.69, 9.17) is 4.74 Å². The Bertz CT molecular complexity index is 1040. The Balaban J connectivity index is 1.85. The lowest BCUT2D eigenvalue weighted by atomic mass is 10.1. The second kappa shape index (κ2) is 7.73. The van der Waals surface area contributed by atoms with Gasteiger partial charge >= 0.3 is 0 Å². The van der Waals surface area contributed by atoms with Crippen LogP contribution in [-0.2, 0) is 7.05 Å². The third kappa shape index (κ3) is 3.97. The van der Waals surface area contributed by atoms with Crippen LogP contribution in [0.2, 0.25) is 0 Å². The van der Waals surface area contributed by atoms with Gasteiger partial charge in [-0.25, -0.2) is 19.3 Å². The van der Waals surface area contributed by atoms with Crippen LogP contribution < -0.4 is 15.6 Å². The van der Waals surface area contributed by atoms with Crippen LogP contribution in [0.4, 0.5) is 10.3 Å². The Morgan fingerprint density at radius 3 is 2.78 bits per heavy atom. The molecule has 0 fully saturated rings. The standard InChI is InChI=1S/C18H16FN5O3/c1-24-17(26)8-14(13-5-6-20-10-22-13)23-18(24)21-9-15(25)12-4-3-11(19)7-16(12)27-2/h3-8,10H,9H2,1-2H3,(H,21,23). The number of Topliss-reactive ketones (excluding diaryl/α,β-unsaturated/α-hetero) is 1. The van der Waals surface area contributed by atoms with Crippen molar-refractivity contribution in [3.63, 3.8) is 0 Å². The maximum atomic E-state index is 13.3. The first-order chi connectivity index (χ1) is 13.0. The van der Waals surface area contributed by atoms with E-state index in [2.05, 4.69) is 20.3 Å². The molecule has 2 heterocycles. The molecule has 0 saturated carbocycles. The van der Waals surface area contributed by atoms with Gasteiger partial charge in [-0.1, -0.05) is 0 Å². The lowest BCUT2D eigenvalue weighted by molar-refractivity contribution is 0.100. The van der Waals surface area contributed by atoms with Crippen LogP contribution >= 0.6 is 0 Å². The van der Waals surface area contributed by atoms with Crippen LogP contribution in [0.1, 0.15) is 10.4 Å². The van der Waals surface area contributed by atoms with E-state index in [0.717, 1.165) is 6.07 Å². The van der Waals surface area contributed by atoms with E-state index < -0.39 is 5.82 Å². The lowest BCUT2D eigenvalue weighted by Gasteiger charge is -2.12. The summed E-state index contributed by atoms with van der Waals surface area (Å²) in [6.45, 7) is -0.157. The fourth-order valence-electron chi connectivity index (χ4n) is 2.42. The molecule has 3 aromatic rings. The molecule has 0 unspecified atom stereocenters. The number of methoxy groups -OCH3 is 1. The van der Waals surface area contributed by atoms with Crippen molar-refractivity contribution in [1.29, 1.82) is 0 Å². The zero-order valence-corrected chi connectivity index (χ0v) is 14.6. The van der Waals surface area contributed by atoms with E-state index in [0.29, 0.717) is 11.4 Å². The number of aromatic nitrogens is 4. The van der Waals surface area contributed by atoms with Gasteiger partial charge in [0.1, 0.15) is 17.9 Å². The predicted molar refractivity (Wildman–Crippen MR) is 96.3 cm³/mol. The highest BCUT2D eigenvalue weighted by Gasteiger charge is 2.15. The monoisotopic (exact) mass is 369 g/mol. The number of halogens is 1. The number of ketones is 1.